The molecule has 6 nitrogen and oxygen atoms in total. The first-order valence-corrected chi connectivity index (χ1v) is 9.72. The Hall–Kier alpha value is -2.21. The van der Waals surface area contributed by atoms with Crippen molar-refractivity contribution in [2.75, 3.05) is 11.4 Å². The van der Waals surface area contributed by atoms with E-state index in [4.69, 9.17) is 4.98 Å². The molecule has 26 heavy (non-hydrogen) atoms. The van der Waals surface area contributed by atoms with Crippen LogP contribution in [0.4, 0.5) is 5.69 Å². The van der Waals surface area contributed by atoms with Crippen molar-refractivity contribution in [1.82, 2.24) is 19.7 Å². The molecule has 0 radical (unpaired) electrons. The highest BCUT2D eigenvalue weighted by molar-refractivity contribution is 5.83. The van der Waals surface area contributed by atoms with E-state index in [0.717, 1.165) is 59.7 Å². The van der Waals surface area contributed by atoms with Gasteiger partial charge in [0, 0.05) is 18.2 Å². The monoisotopic (exact) mass is 351 g/mol. The molecule has 2 aliphatic carbocycles. The minimum absolute atomic E-state index is 0.0116. The molecule has 2 saturated carbocycles. The maximum Gasteiger partial charge on any atom is 0.185 e. The molecule has 0 amide bonds. The van der Waals surface area contributed by atoms with Crippen LogP contribution < -0.4 is 4.90 Å². The lowest BCUT2D eigenvalue weighted by Crippen LogP contribution is -2.31. The number of aliphatic hydroxyl groups excluding tert-OH is 1. The first kappa shape index (κ1) is 16.0. The molecular weight excluding hydrogens is 326 g/mol. The van der Waals surface area contributed by atoms with Crippen LogP contribution >= 0.6 is 0 Å². The smallest absolute Gasteiger partial charge is 0.185 e. The number of aromatic nitrogens is 4. The number of aliphatic hydroxyl groups is 1. The van der Waals surface area contributed by atoms with Crippen molar-refractivity contribution in [3.05, 3.63) is 36.1 Å². The zero-order chi connectivity index (χ0) is 17.9. The number of hydrogen-bond donors (Lipinski definition) is 1. The number of fused-ring (bicyclic) bond motifs is 3. The average molecular weight is 351 g/mol. The minimum atomic E-state index is -0.0116. The van der Waals surface area contributed by atoms with Gasteiger partial charge in [-0.1, -0.05) is 19.9 Å². The summed E-state index contributed by atoms with van der Waals surface area (Å²) in [7, 11) is 0. The highest BCUT2D eigenvalue weighted by Crippen LogP contribution is 2.62. The molecule has 136 valence electrons. The fourth-order valence-corrected chi connectivity index (χ4v) is 4.36. The van der Waals surface area contributed by atoms with Crippen LogP contribution in [0.3, 0.4) is 0 Å². The van der Waals surface area contributed by atoms with Gasteiger partial charge in [0.25, 0.3) is 0 Å². The van der Waals surface area contributed by atoms with Crippen molar-refractivity contribution in [1.29, 1.82) is 0 Å². The molecular formula is C20H25N5O. The Balaban J connectivity index is 1.67. The van der Waals surface area contributed by atoms with Gasteiger partial charge in [-0.15, -0.1) is 10.2 Å². The van der Waals surface area contributed by atoms with E-state index >= 15 is 0 Å². The first-order valence-electron chi connectivity index (χ1n) is 9.72. The lowest BCUT2D eigenvalue weighted by Gasteiger charge is -2.33. The Bertz CT molecular complexity index is 878. The molecule has 0 aromatic carbocycles. The zero-order valence-corrected chi connectivity index (χ0v) is 15.3. The largest absolute Gasteiger partial charge is 0.392 e. The summed E-state index contributed by atoms with van der Waals surface area (Å²) < 4.78 is 2.15. The van der Waals surface area contributed by atoms with Crippen molar-refractivity contribution in [3.63, 3.8) is 0 Å². The van der Waals surface area contributed by atoms with Crippen LogP contribution in [0.25, 0.3) is 11.5 Å². The fraction of sp³-hybridized carbons (Fsp3) is 0.550. The van der Waals surface area contributed by atoms with E-state index < -0.39 is 0 Å². The van der Waals surface area contributed by atoms with Crippen LogP contribution in [0.2, 0.25) is 0 Å². The standard InChI is InChI=1S/C20H25N5O/c1-3-4-9-24-13(2)17-22-23-19(20(7-8-20)15-5-6-15)25(17)18-16(24)10-14(12-26)11-21-18/h10-11,15,26H,2-9,12H2,1H3. The molecule has 0 saturated heterocycles. The highest BCUT2D eigenvalue weighted by Gasteiger charge is 2.58. The van der Waals surface area contributed by atoms with Crippen LogP contribution in [0.5, 0.6) is 0 Å². The third-order valence-corrected chi connectivity index (χ3v) is 6.16. The summed E-state index contributed by atoms with van der Waals surface area (Å²) in [5.41, 5.74) is 2.91. The molecule has 1 N–H and O–H groups in total. The topological polar surface area (TPSA) is 67.1 Å². The summed E-state index contributed by atoms with van der Waals surface area (Å²) >= 11 is 0. The fourth-order valence-electron chi connectivity index (χ4n) is 4.36. The Kier molecular flexibility index (Phi) is 3.47. The number of anilines is 1. The second kappa shape index (κ2) is 5.64. The Morgan fingerprint density at radius 1 is 1.31 bits per heavy atom. The normalized spacial score (nSPS) is 20.1. The van der Waals surface area contributed by atoms with Gasteiger partial charge >= 0.3 is 0 Å². The van der Waals surface area contributed by atoms with E-state index in [1.54, 1.807) is 6.20 Å². The van der Waals surface area contributed by atoms with Crippen molar-refractivity contribution in [3.8, 4) is 5.82 Å². The van der Waals surface area contributed by atoms with Crippen molar-refractivity contribution in [2.24, 2.45) is 5.92 Å². The molecule has 2 aromatic rings. The van der Waals surface area contributed by atoms with Gasteiger partial charge in [0.1, 0.15) is 5.82 Å². The molecule has 1 aliphatic heterocycles. The molecule has 0 atom stereocenters. The predicted molar refractivity (Wildman–Crippen MR) is 100 cm³/mol. The van der Waals surface area contributed by atoms with Crippen molar-refractivity contribution in [2.45, 2.75) is 57.5 Å². The summed E-state index contributed by atoms with van der Waals surface area (Å²) in [5, 5.41) is 18.8. The van der Waals surface area contributed by atoms with Gasteiger partial charge < -0.3 is 10.0 Å². The van der Waals surface area contributed by atoms with Crippen LogP contribution in [-0.4, -0.2) is 31.4 Å². The van der Waals surface area contributed by atoms with Crippen LogP contribution in [0.1, 0.15) is 62.7 Å². The number of hydrogen-bond acceptors (Lipinski definition) is 5. The van der Waals surface area contributed by atoms with Gasteiger partial charge in [-0.3, -0.25) is 4.57 Å². The van der Waals surface area contributed by atoms with Crippen LogP contribution in [-0.2, 0) is 12.0 Å². The van der Waals surface area contributed by atoms with Gasteiger partial charge in [-0.2, -0.15) is 0 Å². The second-order valence-electron chi connectivity index (χ2n) is 7.91. The quantitative estimate of drug-likeness (QED) is 0.866. The SMILES string of the molecule is C=C1c2nnc(C3(C4CC4)CC3)n2-c2ncc(CO)cc2N1CCCC. The average Bonchev–Trinajstić information content (AvgIpc) is 3.58. The highest BCUT2D eigenvalue weighted by atomic mass is 16.3. The van der Waals surface area contributed by atoms with E-state index in [0.29, 0.717) is 0 Å². The van der Waals surface area contributed by atoms with Gasteiger partial charge in [0.05, 0.1) is 18.0 Å². The second-order valence-corrected chi connectivity index (χ2v) is 7.91. The van der Waals surface area contributed by atoms with E-state index in [-0.39, 0.29) is 12.0 Å². The third kappa shape index (κ3) is 2.18. The van der Waals surface area contributed by atoms with Crippen LogP contribution in [0.15, 0.2) is 18.8 Å². The maximum absolute atomic E-state index is 9.59. The van der Waals surface area contributed by atoms with E-state index in [1.165, 1.54) is 25.7 Å². The molecule has 3 aliphatic rings. The Morgan fingerprint density at radius 3 is 2.77 bits per heavy atom. The molecule has 5 rings (SSSR count). The first-order chi connectivity index (χ1) is 12.7. The molecule has 2 aromatic heterocycles. The summed E-state index contributed by atoms with van der Waals surface area (Å²) in [6.07, 6.45) is 8.93. The molecule has 2 fully saturated rings. The maximum atomic E-state index is 9.59. The summed E-state index contributed by atoms with van der Waals surface area (Å²) in [4.78, 5) is 6.91. The Labute approximate surface area is 153 Å². The van der Waals surface area contributed by atoms with Gasteiger partial charge in [-0.05, 0) is 49.7 Å². The predicted octanol–water partition coefficient (Wildman–Crippen LogP) is 3.19. The third-order valence-electron chi connectivity index (χ3n) is 6.16. The van der Waals surface area contributed by atoms with Gasteiger partial charge in [-0.25, -0.2) is 4.98 Å². The lowest BCUT2D eigenvalue weighted by atomic mass is 9.99. The number of nitrogens with zero attached hydrogens (tertiary/aromatic N) is 5. The zero-order valence-electron chi connectivity index (χ0n) is 15.3. The minimum Gasteiger partial charge on any atom is -0.392 e. The summed E-state index contributed by atoms with van der Waals surface area (Å²) in [6.45, 7) is 7.37. The molecule has 6 heteroatoms. The number of pyridine rings is 1. The number of rotatable bonds is 6. The number of unbranched alkanes of at least 4 members (excludes halogenated alkanes) is 1. The van der Waals surface area contributed by atoms with Gasteiger partial charge in [0.2, 0.25) is 0 Å². The molecule has 0 spiro atoms. The van der Waals surface area contributed by atoms with Gasteiger partial charge in [0.15, 0.2) is 11.6 Å². The summed E-state index contributed by atoms with van der Waals surface area (Å²) in [6, 6.07) is 2.03. The van der Waals surface area contributed by atoms with E-state index in [1.807, 2.05) is 6.07 Å². The van der Waals surface area contributed by atoms with E-state index in [2.05, 4.69) is 33.2 Å². The Morgan fingerprint density at radius 2 is 2.12 bits per heavy atom. The summed E-state index contributed by atoms with van der Waals surface area (Å²) in [5.74, 6) is 3.52. The lowest BCUT2D eigenvalue weighted by molar-refractivity contribution is 0.281. The van der Waals surface area contributed by atoms with Crippen molar-refractivity contribution < 1.29 is 5.11 Å². The van der Waals surface area contributed by atoms with Crippen molar-refractivity contribution >= 4 is 11.4 Å². The molecule has 3 heterocycles. The molecule has 0 bridgehead atoms. The van der Waals surface area contributed by atoms with E-state index in [9.17, 15) is 5.11 Å². The van der Waals surface area contributed by atoms with Crippen LogP contribution in [0, 0.1) is 5.92 Å². The molecule has 0 unspecified atom stereocenters.